The molecular weight excluding hydrogens is 423 g/mol. The summed E-state index contributed by atoms with van der Waals surface area (Å²) in [7, 11) is 0. The molecule has 0 spiro atoms. The second kappa shape index (κ2) is 7.95. The van der Waals surface area contributed by atoms with E-state index < -0.39 is 0 Å². The van der Waals surface area contributed by atoms with Crippen LogP contribution in [0.25, 0.3) is 22.2 Å². The summed E-state index contributed by atoms with van der Waals surface area (Å²) in [6.07, 6.45) is 1.68. The largest absolute Gasteiger partial charge is 0.355 e. The minimum atomic E-state index is -0.115. The van der Waals surface area contributed by atoms with Crippen molar-refractivity contribution in [3.63, 3.8) is 0 Å². The number of aromatic nitrogens is 1. The summed E-state index contributed by atoms with van der Waals surface area (Å²) in [5.74, 6) is -0.0800. The molecule has 5 rings (SSSR count). The molecule has 156 valence electrons. The number of aromatic amines is 1. The number of nitrogens with zero attached hydrogens (tertiary/aromatic N) is 1. The Balaban J connectivity index is 0.00000218. The second-order valence-corrected chi connectivity index (χ2v) is 8.15. The van der Waals surface area contributed by atoms with Crippen molar-refractivity contribution in [2.24, 2.45) is 5.73 Å². The lowest BCUT2D eigenvalue weighted by molar-refractivity contribution is 0.0714. The number of rotatable bonds is 2. The molecule has 4 N–H and O–H groups in total. The van der Waals surface area contributed by atoms with Crippen LogP contribution >= 0.6 is 24.0 Å². The topological polar surface area (TPSA) is 91.2 Å². The molecule has 30 heavy (non-hydrogen) atoms. The standard InChI is InChI=1S/C22H21ClN4O2.ClH/c23-17-3-2-15(20-16(17)11-25-21(20)28)19-10-13-9-12(1-4-18(13)26-19)22(29)27-7-5-14(24)6-8-27;/h1-4,9-10,14,26H,5-8,11,24H2,(H,25,28);1H. The molecule has 2 amide bonds. The number of nitrogens with two attached hydrogens (primary N) is 1. The van der Waals surface area contributed by atoms with Gasteiger partial charge in [-0.25, -0.2) is 0 Å². The maximum Gasteiger partial charge on any atom is 0.253 e. The van der Waals surface area contributed by atoms with E-state index in [4.69, 9.17) is 17.3 Å². The van der Waals surface area contributed by atoms with Crippen LogP contribution in [0.2, 0.25) is 5.02 Å². The number of carbonyl (C=O) groups excluding carboxylic acids is 2. The van der Waals surface area contributed by atoms with Gasteiger partial charge >= 0.3 is 0 Å². The number of hydrogen-bond acceptors (Lipinski definition) is 3. The zero-order chi connectivity index (χ0) is 20.1. The molecule has 0 aliphatic carbocycles. The molecular formula is C22H22Cl2N4O2. The van der Waals surface area contributed by atoms with Crippen molar-refractivity contribution in [3.05, 3.63) is 58.1 Å². The average Bonchev–Trinajstić information content (AvgIpc) is 3.32. The zero-order valence-corrected chi connectivity index (χ0v) is 17.8. The number of nitrogens with one attached hydrogen (secondary N) is 2. The Bertz CT molecular complexity index is 1150. The lowest BCUT2D eigenvalue weighted by atomic mass is 10.0. The van der Waals surface area contributed by atoms with Gasteiger partial charge in [-0.1, -0.05) is 17.7 Å². The van der Waals surface area contributed by atoms with Crippen molar-refractivity contribution < 1.29 is 9.59 Å². The summed E-state index contributed by atoms with van der Waals surface area (Å²) < 4.78 is 0. The molecule has 2 aliphatic heterocycles. The fourth-order valence-electron chi connectivity index (χ4n) is 4.23. The third-order valence-electron chi connectivity index (χ3n) is 5.89. The van der Waals surface area contributed by atoms with Crippen molar-refractivity contribution in [2.45, 2.75) is 25.4 Å². The number of amides is 2. The minimum absolute atomic E-state index is 0. The molecule has 8 heteroatoms. The highest BCUT2D eigenvalue weighted by Crippen LogP contribution is 2.34. The lowest BCUT2D eigenvalue weighted by Crippen LogP contribution is -2.42. The maximum atomic E-state index is 12.9. The van der Waals surface area contributed by atoms with Gasteiger partial charge in [0.05, 0.1) is 5.56 Å². The van der Waals surface area contributed by atoms with E-state index in [1.807, 2.05) is 41.3 Å². The first-order valence-corrected chi connectivity index (χ1v) is 10.2. The number of halogens is 2. The van der Waals surface area contributed by atoms with E-state index in [-0.39, 0.29) is 30.3 Å². The van der Waals surface area contributed by atoms with Crippen LogP contribution in [0, 0.1) is 0 Å². The zero-order valence-electron chi connectivity index (χ0n) is 16.2. The minimum Gasteiger partial charge on any atom is -0.355 e. The summed E-state index contributed by atoms with van der Waals surface area (Å²) in [5, 5.41) is 4.36. The molecule has 0 unspecified atom stereocenters. The fourth-order valence-corrected chi connectivity index (χ4v) is 4.46. The maximum absolute atomic E-state index is 12.9. The average molecular weight is 445 g/mol. The van der Waals surface area contributed by atoms with Gasteiger partial charge in [0.2, 0.25) is 0 Å². The highest BCUT2D eigenvalue weighted by atomic mass is 35.5. The van der Waals surface area contributed by atoms with Gasteiger partial charge in [-0.2, -0.15) is 0 Å². The van der Waals surface area contributed by atoms with Gasteiger partial charge in [0.25, 0.3) is 11.8 Å². The van der Waals surface area contributed by atoms with Gasteiger partial charge in [0.15, 0.2) is 0 Å². The number of fused-ring (bicyclic) bond motifs is 2. The Morgan fingerprint density at radius 3 is 2.67 bits per heavy atom. The number of piperidine rings is 1. The van der Waals surface area contributed by atoms with Crippen LogP contribution in [0.15, 0.2) is 36.4 Å². The smallest absolute Gasteiger partial charge is 0.253 e. The number of H-pyrrole nitrogens is 1. The monoisotopic (exact) mass is 444 g/mol. The van der Waals surface area contributed by atoms with Crippen molar-refractivity contribution >= 4 is 46.7 Å². The number of hydrogen-bond donors (Lipinski definition) is 3. The Kier molecular flexibility index (Phi) is 5.49. The predicted octanol–water partition coefficient (Wildman–Crippen LogP) is 3.72. The summed E-state index contributed by atoms with van der Waals surface area (Å²) in [6, 6.07) is 11.5. The SMILES string of the molecule is Cl.NC1CCN(C(=O)c2ccc3[nH]c(-c4ccc(Cl)c5c4C(=O)NC5)cc3c2)CC1. The summed E-state index contributed by atoms with van der Waals surface area (Å²) >= 11 is 6.26. The molecule has 2 aromatic carbocycles. The molecule has 3 aromatic rings. The Morgan fingerprint density at radius 1 is 1.13 bits per heavy atom. The van der Waals surface area contributed by atoms with E-state index in [2.05, 4.69) is 10.3 Å². The van der Waals surface area contributed by atoms with Crippen molar-refractivity contribution in [1.29, 1.82) is 0 Å². The van der Waals surface area contributed by atoms with E-state index in [0.29, 0.717) is 35.8 Å². The molecule has 2 aliphatic rings. The molecule has 0 radical (unpaired) electrons. The first-order chi connectivity index (χ1) is 14.0. The quantitative estimate of drug-likeness (QED) is 0.562. The Hall–Kier alpha value is -2.54. The first kappa shape index (κ1) is 20.7. The second-order valence-electron chi connectivity index (χ2n) is 7.75. The van der Waals surface area contributed by atoms with Crippen molar-refractivity contribution in [3.8, 4) is 11.3 Å². The summed E-state index contributed by atoms with van der Waals surface area (Å²) in [4.78, 5) is 30.4. The normalized spacial score (nSPS) is 16.3. The van der Waals surface area contributed by atoms with Gasteiger partial charge in [-0.05, 0) is 43.2 Å². The summed E-state index contributed by atoms with van der Waals surface area (Å²) in [5.41, 5.74) is 10.6. The number of benzene rings is 2. The van der Waals surface area contributed by atoms with Crippen molar-refractivity contribution in [2.75, 3.05) is 13.1 Å². The van der Waals surface area contributed by atoms with E-state index in [0.717, 1.165) is 40.6 Å². The molecule has 0 saturated carbocycles. The molecule has 1 aromatic heterocycles. The fraction of sp³-hybridized carbons (Fsp3) is 0.273. The number of carbonyl (C=O) groups is 2. The molecule has 1 fully saturated rings. The Morgan fingerprint density at radius 2 is 1.90 bits per heavy atom. The van der Waals surface area contributed by atoms with Gasteiger partial charge in [-0.15, -0.1) is 12.4 Å². The first-order valence-electron chi connectivity index (χ1n) is 9.79. The van der Waals surface area contributed by atoms with Crippen LogP contribution < -0.4 is 11.1 Å². The van der Waals surface area contributed by atoms with Crippen LogP contribution in [-0.4, -0.2) is 40.8 Å². The third kappa shape index (κ3) is 3.45. The van der Waals surface area contributed by atoms with Crippen LogP contribution in [-0.2, 0) is 6.54 Å². The Labute approximate surface area is 185 Å². The van der Waals surface area contributed by atoms with Gasteiger partial charge in [0, 0.05) is 64.0 Å². The highest BCUT2D eigenvalue weighted by Gasteiger charge is 2.26. The summed E-state index contributed by atoms with van der Waals surface area (Å²) in [6.45, 7) is 1.84. The van der Waals surface area contributed by atoms with Crippen LogP contribution in [0.4, 0.5) is 0 Å². The highest BCUT2D eigenvalue weighted by molar-refractivity contribution is 6.32. The molecule has 0 atom stereocenters. The van der Waals surface area contributed by atoms with Crippen LogP contribution in [0.1, 0.15) is 39.1 Å². The van der Waals surface area contributed by atoms with Crippen molar-refractivity contribution in [1.82, 2.24) is 15.2 Å². The molecule has 6 nitrogen and oxygen atoms in total. The van der Waals surface area contributed by atoms with E-state index in [1.54, 1.807) is 0 Å². The molecule has 0 bridgehead atoms. The van der Waals surface area contributed by atoms with Crippen LogP contribution in [0.3, 0.4) is 0 Å². The molecule has 1 saturated heterocycles. The van der Waals surface area contributed by atoms with Gasteiger partial charge in [0.1, 0.15) is 0 Å². The van der Waals surface area contributed by atoms with E-state index in [9.17, 15) is 9.59 Å². The van der Waals surface area contributed by atoms with Gasteiger partial charge in [-0.3, -0.25) is 9.59 Å². The predicted molar refractivity (Wildman–Crippen MR) is 120 cm³/mol. The molecule has 3 heterocycles. The lowest BCUT2D eigenvalue weighted by Gasteiger charge is -2.30. The van der Waals surface area contributed by atoms with E-state index >= 15 is 0 Å². The third-order valence-corrected chi connectivity index (χ3v) is 6.25. The van der Waals surface area contributed by atoms with E-state index in [1.165, 1.54) is 0 Å². The van der Waals surface area contributed by atoms with Crippen LogP contribution in [0.5, 0.6) is 0 Å². The van der Waals surface area contributed by atoms with Gasteiger partial charge < -0.3 is 20.9 Å². The number of likely N-dealkylation sites (tertiary alicyclic amines) is 1.